The molecule has 1 aliphatic rings. The zero-order valence-corrected chi connectivity index (χ0v) is 17.0. The van der Waals surface area contributed by atoms with Gasteiger partial charge in [0.05, 0.1) is 6.42 Å². The number of benzene rings is 2. The molecule has 152 valence electrons. The molecular weight excluding hydrogens is 366 g/mol. The van der Waals surface area contributed by atoms with Gasteiger partial charge in [0.2, 0.25) is 0 Å². The van der Waals surface area contributed by atoms with Crippen LogP contribution in [0.25, 0.3) is 0 Å². The molecule has 5 nitrogen and oxygen atoms in total. The van der Waals surface area contributed by atoms with Crippen LogP contribution in [-0.4, -0.2) is 24.3 Å². The predicted molar refractivity (Wildman–Crippen MR) is 112 cm³/mol. The molecule has 0 bridgehead atoms. The van der Waals surface area contributed by atoms with Crippen LogP contribution in [0.4, 0.5) is 5.69 Å². The van der Waals surface area contributed by atoms with Gasteiger partial charge in [-0.25, -0.2) is 0 Å². The lowest BCUT2D eigenvalue weighted by molar-refractivity contribution is -0.147. The summed E-state index contributed by atoms with van der Waals surface area (Å²) >= 11 is 0. The van der Waals surface area contributed by atoms with E-state index in [4.69, 9.17) is 4.74 Å². The van der Waals surface area contributed by atoms with Crippen LogP contribution >= 0.6 is 0 Å². The van der Waals surface area contributed by atoms with E-state index in [1.165, 1.54) is 17.5 Å². The van der Waals surface area contributed by atoms with Crippen LogP contribution in [0.5, 0.6) is 0 Å². The summed E-state index contributed by atoms with van der Waals surface area (Å²) in [6, 6.07) is 11.5. The molecular formula is C24H27NO4. The highest BCUT2D eigenvalue weighted by atomic mass is 16.5. The number of ketones is 1. The van der Waals surface area contributed by atoms with Crippen LogP contribution < -0.4 is 5.32 Å². The van der Waals surface area contributed by atoms with Gasteiger partial charge in [0.25, 0.3) is 5.91 Å². The second-order valence-corrected chi connectivity index (χ2v) is 7.64. The van der Waals surface area contributed by atoms with Gasteiger partial charge in [-0.05, 0) is 68.4 Å². The monoisotopic (exact) mass is 393 g/mol. The van der Waals surface area contributed by atoms with Gasteiger partial charge in [-0.3, -0.25) is 14.4 Å². The third-order valence-corrected chi connectivity index (χ3v) is 5.25. The minimum absolute atomic E-state index is 0.0350. The zero-order chi connectivity index (χ0) is 20.8. The maximum absolute atomic E-state index is 12.4. The molecule has 1 aliphatic carbocycles. The average molecular weight is 393 g/mol. The fraction of sp³-hybridized carbons (Fsp3) is 0.375. The summed E-state index contributed by atoms with van der Waals surface area (Å²) in [5.74, 6) is -1.02. The topological polar surface area (TPSA) is 72.5 Å². The van der Waals surface area contributed by atoms with Gasteiger partial charge < -0.3 is 10.1 Å². The van der Waals surface area contributed by atoms with Gasteiger partial charge in [-0.1, -0.05) is 29.8 Å². The Bertz CT molecular complexity index is 932. The van der Waals surface area contributed by atoms with E-state index in [9.17, 15) is 14.4 Å². The number of amides is 1. The quantitative estimate of drug-likeness (QED) is 0.561. The molecule has 0 radical (unpaired) electrons. The average Bonchev–Trinajstić information content (AvgIpc) is 2.72. The number of rotatable bonds is 7. The van der Waals surface area contributed by atoms with E-state index in [-0.39, 0.29) is 25.2 Å². The Morgan fingerprint density at radius 3 is 2.45 bits per heavy atom. The van der Waals surface area contributed by atoms with E-state index in [2.05, 4.69) is 5.32 Å². The van der Waals surface area contributed by atoms with Gasteiger partial charge >= 0.3 is 5.97 Å². The summed E-state index contributed by atoms with van der Waals surface area (Å²) in [5, 5.41) is 2.73. The molecule has 0 atom stereocenters. The predicted octanol–water partition coefficient (Wildman–Crippen LogP) is 4.33. The Morgan fingerprint density at radius 1 is 0.931 bits per heavy atom. The summed E-state index contributed by atoms with van der Waals surface area (Å²) < 4.78 is 5.01. The number of hydrogen-bond donors (Lipinski definition) is 1. The number of carbonyl (C=O) groups is 3. The van der Waals surface area contributed by atoms with Crippen molar-refractivity contribution in [2.45, 2.75) is 52.4 Å². The molecule has 0 aromatic heterocycles. The normalized spacial score (nSPS) is 12.8. The molecule has 0 saturated carbocycles. The largest absolute Gasteiger partial charge is 0.456 e. The Balaban J connectivity index is 1.43. The van der Waals surface area contributed by atoms with Crippen LogP contribution in [0.2, 0.25) is 0 Å². The van der Waals surface area contributed by atoms with E-state index < -0.39 is 11.9 Å². The molecule has 1 amide bonds. The van der Waals surface area contributed by atoms with Crippen LogP contribution in [0.15, 0.2) is 36.4 Å². The molecule has 5 heteroatoms. The second-order valence-electron chi connectivity index (χ2n) is 7.64. The first-order valence-corrected chi connectivity index (χ1v) is 10.1. The highest BCUT2D eigenvalue weighted by molar-refractivity contribution is 5.98. The van der Waals surface area contributed by atoms with Crippen LogP contribution in [-0.2, 0) is 27.2 Å². The van der Waals surface area contributed by atoms with Crippen molar-refractivity contribution in [2.24, 2.45) is 0 Å². The first-order chi connectivity index (χ1) is 13.9. The Kier molecular flexibility index (Phi) is 6.81. The second kappa shape index (κ2) is 9.50. The Hall–Kier alpha value is -2.95. The molecule has 2 aromatic rings. The number of Topliss-reactive ketones (excluding diaryl/α,β-unsaturated/α-hetero) is 1. The number of nitrogens with one attached hydrogen (secondary N) is 1. The lowest BCUT2D eigenvalue weighted by atomic mass is 9.89. The lowest BCUT2D eigenvalue weighted by Crippen LogP contribution is -2.21. The molecule has 29 heavy (non-hydrogen) atoms. The van der Waals surface area contributed by atoms with E-state index >= 15 is 0 Å². The maximum Gasteiger partial charge on any atom is 0.306 e. The number of ether oxygens (including phenoxy) is 1. The SMILES string of the molecule is Cc1ccc(NC(=O)COC(=O)CCC(=O)c2ccc3c(c2)CCCC3)c(C)c1. The van der Waals surface area contributed by atoms with Crippen molar-refractivity contribution < 1.29 is 19.1 Å². The van der Waals surface area contributed by atoms with E-state index in [1.54, 1.807) is 0 Å². The number of esters is 1. The summed E-state index contributed by atoms with van der Waals surface area (Å²) in [6.45, 7) is 3.52. The smallest absolute Gasteiger partial charge is 0.306 e. The summed E-state index contributed by atoms with van der Waals surface area (Å²) in [5.41, 5.74) is 5.95. The number of anilines is 1. The van der Waals surface area contributed by atoms with E-state index in [0.717, 1.165) is 30.4 Å². The van der Waals surface area contributed by atoms with Gasteiger partial charge in [0.1, 0.15) is 0 Å². The molecule has 0 unspecified atom stereocenters. The van der Waals surface area contributed by atoms with Crippen LogP contribution in [0.3, 0.4) is 0 Å². The van der Waals surface area contributed by atoms with Crippen LogP contribution in [0.1, 0.15) is 58.3 Å². The fourth-order valence-corrected chi connectivity index (χ4v) is 3.63. The van der Waals surface area contributed by atoms with Crippen molar-refractivity contribution in [3.8, 4) is 0 Å². The number of aryl methyl sites for hydroxylation is 4. The number of hydrogen-bond acceptors (Lipinski definition) is 4. The minimum Gasteiger partial charge on any atom is -0.456 e. The molecule has 0 fully saturated rings. The van der Waals surface area contributed by atoms with Crippen molar-refractivity contribution in [3.05, 3.63) is 64.2 Å². The van der Waals surface area contributed by atoms with Crippen molar-refractivity contribution >= 4 is 23.3 Å². The Labute approximate surface area is 171 Å². The first kappa shape index (κ1) is 20.8. The summed E-state index contributed by atoms with van der Waals surface area (Å²) in [7, 11) is 0. The molecule has 1 N–H and O–H groups in total. The standard InChI is InChI=1S/C24H27NO4/c1-16-7-10-21(17(2)13-16)25-23(27)15-29-24(28)12-11-22(26)20-9-8-18-5-3-4-6-19(18)14-20/h7-10,13-14H,3-6,11-12,15H2,1-2H3,(H,25,27). The van der Waals surface area contributed by atoms with E-state index in [1.807, 2.05) is 50.2 Å². The van der Waals surface area contributed by atoms with Crippen molar-refractivity contribution in [1.29, 1.82) is 0 Å². The fourth-order valence-electron chi connectivity index (χ4n) is 3.63. The van der Waals surface area contributed by atoms with Crippen molar-refractivity contribution in [1.82, 2.24) is 0 Å². The molecule has 0 aliphatic heterocycles. The van der Waals surface area contributed by atoms with Gasteiger partial charge in [-0.15, -0.1) is 0 Å². The van der Waals surface area contributed by atoms with E-state index in [0.29, 0.717) is 11.3 Å². The molecule has 3 rings (SSSR count). The molecule has 0 heterocycles. The summed E-state index contributed by atoms with van der Waals surface area (Å²) in [6.07, 6.45) is 4.47. The maximum atomic E-state index is 12.4. The van der Waals surface area contributed by atoms with Gasteiger partial charge in [0, 0.05) is 17.7 Å². The van der Waals surface area contributed by atoms with Crippen molar-refractivity contribution in [2.75, 3.05) is 11.9 Å². The first-order valence-electron chi connectivity index (χ1n) is 10.1. The summed E-state index contributed by atoms with van der Waals surface area (Å²) in [4.78, 5) is 36.3. The number of carbonyl (C=O) groups excluding carboxylic acids is 3. The molecule has 2 aromatic carbocycles. The van der Waals surface area contributed by atoms with Crippen molar-refractivity contribution in [3.63, 3.8) is 0 Å². The van der Waals surface area contributed by atoms with Gasteiger partial charge in [-0.2, -0.15) is 0 Å². The third kappa shape index (κ3) is 5.76. The van der Waals surface area contributed by atoms with Gasteiger partial charge in [0.15, 0.2) is 12.4 Å². The lowest BCUT2D eigenvalue weighted by Gasteiger charge is -2.16. The zero-order valence-electron chi connectivity index (χ0n) is 17.0. The minimum atomic E-state index is -0.549. The molecule has 0 spiro atoms. The number of fused-ring (bicyclic) bond motifs is 1. The highest BCUT2D eigenvalue weighted by Gasteiger charge is 2.15. The highest BCUT2D eigenvalue weighted by Crippen LogP contribution is 2.23. The Morgan fingerprint density at radius 2 is 1.69 bits per heavy atom. The third-order valence-electron chi connectivity index (χ3n) is 5.25. The molecule has 0 saturated heterocycles. The van der Waals surface area contributed by atoms with Crippen LogP contribution in [0, 0.1) is 13.8 Å².